The number of allylic oxidation sites excluding steroid dienone is 1. The molecule has 0 unspecified atom stereocenters. The zero-order valence-corrected chi connectivity index (χ0v) is 12.2. The number of carbonyl (C=O) groups excluding carboxylic acids is 1. The van der Waals surface area contributed by atoms with E-state index in [1.54, 1.807) is 18.5 Å². The molecule has 0 radical (unpaired) electrons. The highest BCUT2D eigenvalue weighted by Crippen LogP contribution is 2.12. The number of hydrogen-bond donors (Lipinski definition) is 1. The van der Waals surface area contributed by atoms with Gasteiger partial charge in [0.25, 0.3) is 0 Å². The number of benzene rings is 1. The molecule has 1 aromatic heterocycles. The Labute approximate surface area is 128 Å². The van der Waals surface area contributed by atoms with Crippen LogP contribution in [0.5, 0.6) is 0 Å². The molecule has 106 valence electrons. The summed E-state index contributed by atoms with van der Waals surface area (Å²) >= 11 is 1.37. The number of amides is 1. The van der Waals surface area contributed by atoms with Crippen LogP contribution in [-0.2, 0) is 4.79 Å². The van der Waals surface area contributed by atoms with Gasteiger partial charge in [0.1, 0.15) is 0 Å². The minimum Gasteiger partial charge on any atom is -0.272 e. The maximum Gasteiger partial charge on any atom is 0.250 e. The zero-order valence-electron chi connectivity index (χ0n) is 11.3. The highest BCUT2D eigenvalue weighted by molar-refractivity contribution is 7.99. The Hall–Kier alpha value is -2.40. The largest absolute Gasteiger partial charge is 0.272 e. The summed E-state index contributed by atoms with van der Waals surface area (Å²) in [6.45, 7) is 0. The van der Waals surface area contributed by atoms with Crippen LogP contribution in [0.2, 0.25) is 0 Å². The summed E-state index contributed by atoms with van der Waals surface area (Å²) in [4.78, 5) is 15.7. The Balaban J connectivity index is 1.69. The van der Waals surface area contributed by atoms with Crippen LogP contribution in [0.15, 0.2) is 70.9 Å². The van der Waals surface area contributed by atoms with Gasteiger partial charge in [0, 0.05) is 12.4 Å². The molecule has 0 atom stereocenters. The van der Waals surface area contributed by atoms with E-state index in [2.05, 4.69) is 15.5 Å². The molecule has 0 saturated heterocycles. The molecule has 21 heavy (non-hydrogen) atoms. The third kappa shape index (κ3) is 6.05. The van der Waals surface area contributed by atoms with Gasteiger partial charge in [-0.15, -0.1) is 0 Å². The Morgan fingerprint density at radius 3 is 2.76 bits per heavy atom. The Morgan fingerprint density at radius 2 is 2.00 bits per heavy atom. The van der Waals surface area contributed by atoms with Crippen LogP contribution in [-0.4, -0.2) is 22.9 Å². The van der Waals surface area contributed by atoms with E-state index >= 15 is 0 Å². The lowest BCUT2D eigenvalue weighted by atomic mass is 10.2. The molecule has 0 spiro atoms. The first-order valence-electron chi connectivity index (χ1n) is 6.42. The summed E-state index contributed by atoms with van der Waals surface area (Å²) in [5.74, 6) is 0.131. The maximum absolute atomic E-state index is 11.6. The molecular weight excluding hydrogens is 282 g/mol. The van der Waals surface area contributed by atoms with Crippen molar-refractivity contribution in [2.75, 3.05) is 5.75 Å². The van der Waals surface area contributed by atoms with Gasteiger partial charge >= 0.3 is 0 Å². The summed E-state index contributed by atoms with van der Waals surface area (Å²) in [6, 6.07) is 15.5. The second-order valence-corrected chi connectivity index (χ2v) is 5.04. The fourth-order valence-corrected chi connectivity index (χ4v) is 2.13. The number of rotatable bonds is 6. The van der Waals surface area contributed by atoms with E-state index in [1.807, 2.05) is 54.6 Å². The summed E-state index contributed by atoms with van der Waals surface area (Å²) < 4.78 is 0. The molecular formula is C16H15N3OS. The normalized spacial score (nSPS) is 11.0. The quantitative estimate of drug-likeness (QED) is 0.506. The lowest BCUT2D eigenvalue weighted by Gasteiger charge is -1.98. The summed E-state index contributed by atoms with van der Waals surface area (Å²) in [6.07, 6.45) is 6.95. The summed E-state index contributed by atoms with van der Waals surface area (Å²) in [7, 11) is 0. The standard InChI is InChI=1S/C16H15N3OS/c20-15(13-21-16-10-4-5-11-17-16)19-18-12-6-9-14-7-2-1-3-8-14/h1-12H,13H2,(H,19,20)/b9-6+,18-12-. The van der Waals surface area contributed by atoms with E-state index in [4.69, 9.17) is 0 Å². The van der Waals surface area contributed by atoms with Gasteiger partial charge < -0.3 is 0 Å². The van der Waals surface area contributed by atoms with E-state index < -0.39 is 0 Å². The number of aromatic nitrogens is 1. The first-order chi connectivity index (χ1) is 10.3. The average molecular weight is 297 g/mol. The second kappa shape index (κ2) is 8.71. The summed E-state index contributed by atoms with van der Waals surface area (Å²) in [5, 5.41) is 4.67. The van der Waals surface area contributed by atoms with Gasteiger partial charge in [0.15, 0.2) is 0 Å². The van der Waals surface area contributed by atoms with Gasteiger partial charge in [-0.2, -0.15) is 5.10 Å². The Morgan fingerprint density at radius 1 is 1.19 bits per heavy atom. The van der Waals surface area contributed by atoms with Crippen LogP contribution in [0.4, 0.5) is 0 Å². The molecule has 2 rings (SSSR count). The predicted octanol–water partition coefficient (Wildman–Crippen LogP) is 2.99. The molecule has 0 aliphatic heterocycles. The van der Waals surface area contributed by atoms with Crippen molar-refractivity contribution in [2.24, 2.45) is 5.10 Å². The van der Waals surface area contributed by atoms with Crippen molar-refractivity contribution >= 4 is 30.0 Å². The second-order valence-electron chi connectivity index (χ2n) is 4.04. The monoisotopic (exact) mass is 297 g/mol. The van der Waals surface area contributed by atoms with Gasteiger partial charge in [0.05, 0.1) is 10.8 Å². The van der Waals surface area contributed by atoms with Crippen LogP contribution >= 0.6 is 11.8 Å². The highest BCUT2D eigenvalue weighted by atomic mass is 32.2. The molecule has 1 aromatic carbocycles. The number of hydrogen-bond acceptors (Lipinski definition) is 4. The van der Waals surface area contributed by atoms with Crippen LogP contribution in [0.25, 0.3) is 6.08 Å². The SMILES string of the molecule is O=C(CSc1ccccn1)N/N=C\C=C\c1ccccc1. The lowest BCUT2D eigenvalue weighted by molar-refractivity contribution is -0.118. The van der Waals surface area contributed by atoms with Gasteiger partial charge in [-0.25, -0.2) is 10.4 Å². The van der Waals surface area contributed by atoms with Gasteiger partial charge in [-0.05, 0) is 23.8 Å². The van der Waals surface area contributed by atoms with Crippen molar-refractivity contribution < 1.29 is 4.79 Å². The van der Waals surface area contributed by atoms with Crippen molar-refractivity contribution in [3.05, 3.63) is 66.4 Å². The fraction of sp³-hybridized carbons (Fsp3) is 0.0625. The van der Waals surface area contributed by atoms with Crippen LogP contribution in [0, 0.1) is 0 Å². The fourth-order valence-electron chi connectivity index (χ4n) is 1.47. The van der Waals surface area contributed by atoms with Crippen molar-refractivity contribution in [3.8, 4) is 0 Å². The van der Waals surface area contributed by atoms with Gasteiger partial charge in [-0.1, -0.05) is 54.2 Å². The average Bonchev–Trinajstić information content (AvgIpc) is 2.54. The highest BCUT2D eigenvalue weighted by Gasteiger charge is 2.01. The van der Waals surface area contributed by atoms with Crippen molar-refractivity contribution in [2.45, 2.75) is 5.03 Å². The number of nitrogens with zero attached hydrogens (tertiary/aromatic N) is 2. The molecule has 0 aliphatic carbocycles. The maximum atomic E-state index is 11.6. The number of hydrazone groups is 1. The molecule has 1 amide bonds. The number of nitrogens with one attached hydrogen (secondary N) is 1. The zero-order chi connectivity index (χ0) is 14.8. The van der Waals surface area contributed by atoms with Crippen molar-refractivity contribution in [1.82, 2.24) is 10.4 Å². The number of carbonyl (C=O) groups is 1. The molecule has 0 saturated carbocycles. The van der Waals surface area contributed by atoms with Crippen LogP contribution in [0.1, 0.15) is 5.56 Å². The molecule has 4 nitrogen and oxygen atoms in total. The van der Waals surface area contributed by atoms with E-state index in [1.165, 1.54) is 11.8 Å². The molecule has 0 fully saturated rings. The number of thioether (sulfide) groups is 1. The first-order valence-corrected chi connectivity index (χ1v) is 7.40. The minimum absolute atomic E-state index is 0.157. The van der Waals surface area contributed by atoms with Crippen LogP contribution < -0.4 is 5.43 Å². The lowest BCUT2D eigenvalue weighted by Crippen LogP contribution is -2.19. The third-order valence-corrected chi connectivity index (χ3v) is 3.37. The molecule has 2 aromatic rings. The van der Waals surface area contributed by atoms with E-state index in [0.29, 0.717) is 0 Å². The Kier molecular flexibility index (Phi) is 6.22. The molecule has 0 bridgehead atoms. The third-order valence-electron chi connectivity index (χ3n) is 2.43. The van der Waals surface area contributed by atoms with E-state index in [0.717, 1.165) is 10.6 Å². The molecule has 1 heterocycles. The Bertz CT molecular complexity index is 612. The van der Waals surface area contributed by atoms with Gasteiger partial charge in [0.2, 0.25) is 5.91 Å². The number of pyridine rings is 1. The predicted molar refractivity (Wildman–Crippen MR) is 87.1 cm³/mol. The van der Waals surface area contributed by atoms with Crippen molar-refractivity contribution in [1.29, 1.82) is 0 Å². The minimum atomic E-state index is -0.157. The molecule has 1 N–H and O–H groups in total. The summed E-state index contributed by atoms with van der Waals surface area (Å²) in [5.41, 5.74) is 3.55. The van der Waals surface area contributed by atoms with Gasteiger partial charge in [-0.3, -0.25) is 4.79 Å². The van der Waals surface area contributed by atoms with Crippen molar-refractivity contribution in [3.63, 3.8) is 0 Å². The van der Waals surface area contributed by atoms with E-state index in [9.17, 15) is 4.79 Å². The van der Waals surface area contributed by atoms with Crippen LogP contribution in [0.3, 0.4) is 0 Å². The molecule has 5 heteroatoms. The van der Waals surface area contributed by atoms with E-state index in [-0.39, 0.29) is 11.7 Å². The topological polar surface area (TPSA) is 54.4 Å². The molecule has 0 aliphatic rings. The first kappa shape index (κ1) is 15.0. The smallest absolute Gasteiger partial charge is 0.250 e.